The summed E-state index contributed by atoms with van der Waals surface area (Å²) in [6.45, 7) is 11.6. The van der Waals surface area contributed by atoms with E-state index in [0.29, 0.717) is 0 Å². The lowest BCUT2D eigenvalue weighted by atomic mass is 9.64. The highest BCUT2D eigenvalue weighted by molar-refractivity contribution is 6.27. The quantitative estimate of drug-likeness (QED) is 0.476. The van der Waals surface area contributed by atoms with Gasteiger partial charge in [-0.3, -0.25) is 5.21 Å². The van der Waals surface area contributed by atoms with E-state index in [-0.39, 0.29) is 16.2 Å². The van der Waals surface area contributed by atoms with Crippen molar-refractivity contribution < 1.29 is 9.95 Å². The van der Waals surface area contributed by atoms with Gasteiger partial charge >= 0.3 is 0 Å². The maximum Gasteiger partial charge on any atom is 0.265 e. The van der Waals surface area contributed by atoms with Crippen LogP contribution in [0.4, 0.5) is 5.69 Å². The number of nitrogens with zero attached hydrogens (tertiary/aromatic N) is 1. The van der Waals surface area contributed by atoms with Gasteiger partial charge in [-0.25, -0.2) is 0 Å². The first-order valence-corrected chi connectivity index (χ1v) is 9.88. The molecule has 0 unspecified atom stereocenters. The molecule has 0 atom stereocenters. The molecule has 0 saturated heterocycles. The second kappa shape index (κ2) is 5.22. The van der Waals surface area contributed by atoms with Crippen molar-refractivity contribution in [3.8, 4) is 0 Å². The van der Waals surface area contributed by atoms with Gasteiger partial charge < -0.3 is 0 Å². The van der Waals surface area contributed by atoms with Gasteiger partial charge in [0.05, 0.1) is 16.6 Å². The number of fused-ring (bicyclic) bond motifs is 3. The second-order valence-corrected chi connectivity index (χ2v) is 10.1. The molecule has 3 aliphatic rings. The summed E-state index contributed by atoms with van der Waals surface area (Å²) in [7, 11) is 0. The SMILES string of the molecule is CC1(C)C=C2C(=[N+](O)c3ccc(C4(C)CCCCC4)cc32)C(C)(C)C1. The Morgan fingerprint density at radius 2 is 1.64 bits per heavy atom. The molecule has 1 aromatic carbocycles. The van der Waals surface area contributed by atoms with Crippen LogP contribution in [0.15, 0.2) is 24.3 Å². The second-order valence-electron chi connectivity index (χ2n) is 10.1. The Balaban J connectivity index is 1.86. The van der Waals surface area contributed by atoms with E-state index in [9.17, 15) is 5.21 Å². The molecule has 1 aromatic rings. The van der Waals surface area contributed by atoms with Crippen molar-refractivity contribution in [3.63, 3.8) is 0 Å². The molecular weight excluding hydrogens is 306 g/mol. The molecule has 1 aliphatic heterocycles. The largest absolute Gasteiger partial charge is 0.284 e. The molecule has 2 aliphatic carbocycles. The highest BCUT2D eigenvalue weighted by Gasteiger charge is 2.51. The molecule has 134 valence electrons. The van der Waals surface area contributed by atoms with Gasteiger partial charge in [0.2, 0.25) is 5.71 Å². The average Bonchev–Trinajstić information content (AvgIpc) is 2.79. The van der Waals surface area contributed by atoms with Crippen molar-refractivity contribution in [2.45, 2.75) is 78.6 Å². The fraction of sp³-hybridized carbons (Fsp3) is 0.609. The van der Waals surface area contributed by atoms with Crippen molar-refractivity contribution in [2.24, 2.45) is 10.8 Å². The number of hydrogen-bond acceptors (Lipinski definition) is 1. The van der Waals surface area contributed by atoms with Crippen LogP contribution in [0.3, 0.4) is 0 Å². The van der Waals surface area contributed by atoms with Crippen LogP contribution in [0.2, 0.25) is 0 Å². The van der Waals surface area contributed by atoms with E-state index in [1.54, 1.807) is 0 Å². The molecule has 1 saturated carbocycles. The summed E-state index contributed by atoms with van der Waals surface area (Å²) in [6, 6.07) is 6.77. The normalized spacial score (nSPS) is 26.0. The summed E-state index contributed by atoms with van der Waals surface area (Å²) in [5.41, 5.74) is 6.36. The molecule has 0 amide bonds. The molecule has 4 rings (SSSR count). The van der Waals surface area contributed by atoms with Crippen LogP contribution in [0, 0.1) is 10.8 Å². The molecule has 0 radical (unpaired) electrons. The van der Waals surface area contributed by atoms with E-state index in [1.807, 2.05) is 0 Å². The Morgan fingerprint density at radius 3 is 2.32 bits per heavy atom. The lowest BCUT2D eigenvalue weighted by Crippen LogP contribution is -2.37. The molecule has 2 heteroatoms. The molecule has 1 heterocycles. The number of hydrogen-bond donors (Lipinski definition) is 1. The van der Waals surface area contributed by atoms with Gasteiger partial charge in [0, 0.05) is 10.8 Å². The minimum Gasteiger partial charge on any atom is -0.284 e. The van der Waals surface area contributed by atoms with Gasteiger partial charge in [-0.15, -0.1) is 0 Å². The minimum absolute atomic E-state index is 0.0315. The predicted molar refractivity (Wildman–Crippen MR) is 104 cm³/mol. The van der Waals surface area contributed by atoms with Crippen molar-refractivity contribution in [2.75, 3.05) is 0 Å². The first-order valence-electron chi connectivity index (χ1n) is 9.88. The number of benzene rings is 1. The topological polar surface area (TPSA) is 23.2 Å². The zero-order chi connectivity index (χ0) is 18.0. The van der Waals surface area contributed by atoms with E-state index in [4.69, 9.17) is 0 Å². The summed E-state index contributed by atoms with van der Waals surface area (Å²) in [5, 5.41) is 10.9. The van der Waals surface area contributed by atoms with Crippen LogP contribution in [-0.4, -0.2) is 15.7 Å². The Kier molecular flexibility index (Phi) is 3.52. The van der Waals surface area contributed by atoms with Crippen molar-refractivity contribution in [3.05, 3.63) is 35.4 Å². The molecule has 2 nitrogen and oxygen atoms in total. The van der Waals surface area contributed by atoms with Crippen LogP contribution in [0.25, 0.3) is 5.57 Å². The monoisotopic (exact) mass is 338 g/mol. The summed E-state index contributed by atoms with van der Waals surface area (Å²) in [4.78, 5) is 0. The summed E-state index contributed by atoms with van der Waals surface area (Å²) >= 11 is 0. The van der Waals surface area contributed by atoms with Crippen molar-refractivity contribution >= 4 is 17.0 Å². The van der Waals surface area contributed by atoms with Gasteiger partial charge in [0.1, 0.15) is 0 Å². The lowest BCUT2D eigenvalue weighted by molar-refractivity contribution is -0.712. The maximum absolute atomic E-state index is 10.9. The summed E-state index contributed by atoms with van der Waals surface area (Å²) in [6.07, 6.45) is 10.0. The van der Waals surface area contributed by atoms with Gasteiger partial charge in [-0.1, -0.05) is 52.2 Å². The number of allylic oxidation sites excluding steroid dienone is 2. The van der Waals surface area contributed by atoms with Crippen LogP contribution < -0.4 is 0 Å². The number of rotatable bonds is 1. The summed E-state index contributed by atoms with van der Waals surface area (Å²) in [5.74, 6) is 0. The Hall–Kier alpha value is -1.57. The van der Waals surface area contributed by atoms with Gasteiger partial charge in [0.15, 0.2) is 0 Å². The maximum atomic E-state index is 10.9. The molecule has 25 heavy (non-hydrogen) atoms. The zero-order valence-corrected chi connectivity index (χ0v) is 16.4. The molecule has 0 spiro atoms. The van der Waals surface area contributed by atoms with Gasteiger partial charge in [0.25, 0.3) is 5.69 Å². The molecular formula is C23H32NO+. The van der Waals surface area contributed by atoms with E-state index in [0.717, 1.165) is 17.8 Å². The van der Waals surface area contributed by atoms with Crippen LogP contribution in [0.1, 0.15) is 84.3 Å². The zero-order valence-electron chi connectivity index (χ0n) is 16.4. The third-order valence-corrected chi connectivity index (χ3v) is 6.71. The smallest absolute Gasteiger partial charge is 0.265 e. The summed E-state index contributed by atoms with van der Waals surface area (Å²) < 4.78 is 1.46. The Morgan fingerprint density at radius 1 is 0.960 bits per heavy atom. The van der Waals surface area contributed by atoms with Crippen LogP contribution in [-0.2, 0) is 5.41 Å². The third-order valence-electron chi connectivity index (χ3n) is 6.71. The third kappa shape index (κ3) is 2.56. The average molecular weight is 339 g/mol. The molecule has 0 bridgehead atoms. The van der Waals surface area contributed by atoms with Crippen molar-refractivity contribution in [1.82, 2.24) is 0 Å². The molecule has 1 fully saturated rings. The van der Waals surface area contributed by atoms with E-state index >= 15 is 0 Å². The predicted octanol–water partition coefficient (Wildman–Crippen LogP) is 6.24. The Labute approximate surface area is 152 Å². The first kappa shape index (κ1) is 16.9. The first-order chi connectivity index (χ1) is 11.6. The van der Waals surface area contributed by atoms with Crippen LogP contribution >= 0.6 is 0 Å². The fourth-order valence-electron chi connectivity index (χ4n) is 5.76. The standard InChI is InChI=1S/C23H32NO/c1-21(2)14-18-17-13-16(23(5)11-7-6-8-12-23)9-10-19(17)24(25)20(18)22(3,4)15-21/h9-10,13-14,25H,6-8,11-12,15H2,1-5H3/q+1. The lowest BCUT2D eigenvalue weighted by Gasteiger charge is -2.36. The van der Waals surface area contributed by atoms with Crippen molar-refractivity contribution in [1.29, 1.82) is 0 Å². The van der Waals surface area contributed by atoms with Crippen LogP contribution in [0.5, 0.6) is 0 Å². The van der Waals surface area contributed by atoms with E-state index < -0.39 is 0 Å². The van der Waals surface area contributed by atoms with E-state index in [2.05, 4.69) is 58.9 Å². The fourth-order valence-corrected chi connectivity index (χ4v) is 5.76. The van der Waals surface area contributed by atoms with E-state index in [1.165, 1.54) is 53.5 Å². The Bertz CT molecular complexity index is 788. The van der Waals surface area contributed by atoms with Gasteiger partial charge in [-0.2, -0.15) is 0 Å². The molecule has 1 N–H and O–H groups in total. The highest BCUT2D eigenvalue weighted by Crippen LogP contribution is 2.51. The minimum atomic E-state index is -0.0315. The highest BCUT2D eigenvalue weighted by atomic mass is 16.5. The molecule has 0 aromatic heterocycles. The van der Waals surface area contributed by atoms with Gasteiger partial charge in [-0.05, 0) is 55.6 Å².